The number of ether oxygens (including phenoxy) is 1. The highest BCUT2D eigenvalue weighted by molar-refractivity contribution is 6.14. The summed E-state index contributed by atoms with van der Waals surface area (Å²) in [6, 6.07) is 30.3. The average molecular weight is 866 g/mol. The molecule has 3 aromatic carbocycles. The van der Waals surface area contributed by atoms with E-state index in [1.807, 2.05) is 94.8 Å². The van der Waals surface area contributed by atoms with Crippen molar-refractivity contribution in [3.8, 4) is 11.6 Å². The Morgan fingerprint density at radius 1 is 0.862 bits per heavy atom. The van der Waals surface area contributed by atoms with Crippen molar-refractivity contribution in [2.24, 2.45) is 10.9 Å². The van der Waals surface area contributed by atoms with Crippen LogP contribution in [0, 0.1) is 19.8 Å². The van der Waals surface area contributed by atoms with E-state index in [9.17, 15) is 9.59 Å². The Morgan fingerprint density at radius 2 is 1.58 bits per heavy atom. The van der Waals surface area contributed by atoms with Crippen molar-refractivity contribution < 1.29 is 14.3 Å². The molecule has 1 unspecified atom stereocenters. The Balaban J connectivity index is 0.000000169. The van der Waals surface area contributed by atoms with Crippen LogP contribution in [-0.4, -0.2) is 89.3 Å². The number of carbonyl (C=O) groups excluding carboxylic acids is 2. The number of piperidine rings is 1. The maximum absolute atomic E-state index is 12.0. The van der Waals surface area contributed by atoms with Gasteiger partial charge in [0.15, 0.2) is 5.75 Å². The number of amides is 2. The van der Waals surface area contributed by atoms with Crippen molar-refractivity contribution in [2.45, 2.75) is 32.4 Å². The van der Waals surface area contributed by atoms with Crippen molar-refractivity contribution in [2.75, 3.05) is 32.7 Å². The summed E-state index contributed by atoms with van der Waals surface area (Å²) in [6.07, 6.45) is 17.6. The third-order valence-electron chi connectivity index (χ3n) is 11.4. The number of rotatable bonds is 11. The number of hydrogen-bond acceptors (Lipinski definition) is 8. The van der Waals surface area contributed by atoms with Gasteiger partial charge in [0.2, 0.25) is 17.7 Å². The molecule has 3 aliphatic heterocycles. The summed E-state index contributed by atoms with van der Waals surface area (Å²) in [5, 5.41) is 4.39. The van der Waals surface area contributed by atoms with Gasteiger partial charge in [-0.2, -0.15) is 10.1 Å². The number of hydrogen-bond donors (Lipinski definition) is 0. The lowest BCUT2D eigenvalue weighted by Crippen LogP contribution is -2.49. The summed E-state index contributed by atoms with van der Waals surface area (Å²) >= 11 is 0. The van der Waals surface area contributed by atoms with Crippen LogP contribution in [0.4, 0.5) is 0 Å². The van der Waals surface area contributed by atoms with Crippen LogP contribution >= 0.6 is 0 Å². The van der Waals surface area contributed by atoms with E-state index in [0.717, 1.165) is 82.7 Å². The first-order valence-corrected chi connectivity index (χ1v) is 21.7. The van der Waals surface area contributed by atoms with Crippen molar-refractivity contribution in [3.05, 3.63) is 208 Å². The maximum atomic E-state index is 12.0. The van der Waals surface area contributed by atoms with E-state index in [2.05, 4.69) is 100 Å². The van der Waals surface area contributed by atoms with Crippen molar-refractivity contribution >= 4 is 34.1 Å². The predicted molar refractivity (Wildman–Crippen MR) is 259 cm³/mol. The lowest BCUT2D eigenvalue weighted by Gasteiger charge is -2.39. The molecule has 1 atom stereocenters. The zero-order valence-electron chi connectivity index (χ0n) is 37.0. The molecule has 9 rings (SSSR count). The van der Waals surface area contributed by atoms with Crippen LogP contribution in [0.1, 0.15) is 48.1 Å². The highest BCUT2D eigenvalue weighted by Gasteiger charge is 2.32. The van der Waals surface area contributed by atoms with Crippen LogP contribution in [0.25, 0.3) is 16.6 Å². The van der Waals surface area contributed by atoms with E-state index in [0.29, 0.717) is 37.2 Å². The molecular weight excluding hydrogens is 811 g/mol. The van der Waals surface area contributed by atoms with Crippen molar-refractivity contribution in [3.63, 3.8) is 0 Å². The van der Waals surface area contributed by atoms with Gasteiger partial charge >= 0.3 is 0 Å². The van der Waals surface area contributed by atoms with Gasteiger partial charge in [-0.15, -0.1) is 0 Å². The van der Waals surface area contributed by atoms with E-state index in [1.54, 1.807) is 17.3 Å². The quantitative estimate of drug-likeness (QED) is 0.119. The van der Waals surface area contributed by atoms with Gasteiger partial charge in [-0.1, -0.05) is 105 Å². The maximum Gasteiger partial charge on any atom is 0.247 e. The fraction of sp³-hybridized carbons (Fsp3) is 0.208. The second-order valence-corrected chi connectivity index (χ2v) is 16.0. The summed E-state index contributed by atoms with van der Waals surface area (Å²) in [5.74, 6) is 1.46. The van der Waals surface area contributed by atoms with Crippen molar-refractivity contribution in [1.82, 2.24) is 39.0 Å². The zero-order valence-corrected chi connectivity index (χ0v) is 37.0. The Labute approximate surface area is 381 Å². The Hall–Kier alpha value is -7.60. The summed E-state index contributed by atoms with van der Waals surface area (Å²) in [5.41, 5.74) is 9.13. The number of aromatic nitrogens is 5. The number of allylic oxidation sites excluding steroid dienone is 2. The lowest BCUT2D eigenvalue weighted by atomic mass is 9.96. The van der Waals surface area contributed by atoms with Gasteiger partial charge in [0.25, 0.3) is 0 Å². The van der Waals surface area contributed by atoms with Crippen LogP contribution in [0.15, 0.2) is 177 Å². The van der Waals surface area contributed by atoms with Crippen LogP contribution in [0.3, 0.4) is 0 Å². The fourth-order valence-electron chi connectivity index (χ4n) is 8.11. The summed E-state index contributed by atoms with van der Waals surface area (Å²) in [6.45, 7) is 25.2. The number of nitrogens with zero attached hydrogens (tertiary/aromatic N) is 9. The number of likely N-dealkylation sites (tertiary alicyclic amines) is 2. The molecule has 3 aliphatic rings. The summed E-state index contributed by atoms with van der Waals surface area (Å²) < 4.78 is 9.97. The molecule has 2 amide bonds. The summed E-state index contributed by atoms with van der Waals surface area (Å²) in [4.78, 5) is 42.9. The Bertz CT molecular complexity index is 2710. The number of benzene rings is 3. The van der Waals surface area contributed by atoms with Gasteiger partial charge < -0.3 is 24.0 Å². The minimum absolute atomic E-state index is 0.0229. The first-order valence-electron chi connectivity index (χ1n) is 21.7. The Kier molecular flexibility index (Phi) is 15.1. The lowest BCUT2D eigenvalue weighted by molar-refractivity contribution is -0.131. The standard InChI is InChI=1S/C24H28N3O.C22H20N6O2.C7H7/c1-5-23(28)26-13-8-10-20(16-26)17-27-14-12-22(25-6-2)24(27)19(4)21-11-7-9-18(3)15-21;1-2-20(29)26-12-17(13-26)28-9-8-19-21(28)22(24-15-23-19)30-18-10-25-27(14-18)11-16-6-4-3-5-7-16;1-7-5-3-2-4-6-7/h5-7,9,11-12,14-15,20H,1-3,8,10,13,16-17H2,4H3;2-10,14-15,17H,1,11-13H2;2-6H,1H2/b24-19-,25-22?;;. The minimum atomic E-state index is -0.0544. The highest BCUT2D eigenvalue weighted by atomic mass is 16.5. The number of aliphatic imine (C=N–C) groups is 1. The van der Waals surface area contributed by atoms with E-state index < -0.39 is 0 Å². The molecule has 2 saturated heterocycles. The van der Waals surface area contributed by atoms with Crippen LogP contribution in [0.5, 0.6) is 11.6 Å². The molecule has 3 aromatic heterocycles. The van der Waals surface area contributed by atoms with Gasteiger partial charge in [0.1, 0.15) is 11.8 Å². The molecular formula is C53H55N9O3. The van der Waals surface area contributed by atoms with E-state index in [-0.39, 0.29) is 17.9 Å². The molecule has 12 nitrogen and oxygen atoms in total. The molecule has 0 N–H and O–H groups in total. The fourth-order valence-corrected chi connectivity index (χ4v) is 8.11. The molecule has 330 valence electrons. The van der Waals surface area contributed by atoms with Crippen LogP contribution < -0.4 is 4.74 Å². The normalized spacial score (nSPS) is 17.1. The van der Waals surface area contributed by atoms with Gasteiger partial charge in [-0.25, -0.2) is 4.98 Å². The molecule has 65 heavy (non-hydrogen) atoms. The second kappa shape index (κ2) is 21.7. The first kappa shape index (κ1) is 45.4. The van der Waals surface area contributed by atoms with Crippen molar-refractivity contribution in [1.29, 1.82) is 0 Å². The molecule has 0 spiro atoms. The van der Waals surface area contributed by atoms with E-state index in [1.165, 1.54) is 18.5 Å². The molecule has 12 heteroatoms. The van der Waals surface area contributed by atoms with Crippen LogP contribution in [-0.2, 0) is 16.1 Å². The Morgan fingerprint density at radius 3 is 2.28 bits per heavy atom. The minimum Gasteiger partial charge on any atom is -0.434 e. The van der Waals surface area contributed by atoms with Gasteiger partial charge in [0, 0.05) is 51.3 Å². The molecule has 0 saturated carbocycles. The molecule has 2 fully saturated rings. The summed E-state index contributed by atoms with van der Waals surface area (Å²) in [7, 11) is 0. The molecule has 0 aliphatic carbocycles. The molecule has 0 bridgehead atoms. The van der Waals surface area contributed by atoms with E-state index in [4.69, 9.17) is 4.74 Å². The molecule has 6 heterocycles. The highest BCUT2D eigenvalue weighted by Crippen LogP contribution is 2.33. The predicted octanol–water partition coefficient (Wildman–Crippen LogP) is 9.34. The first-order chi connectivity index (χ1) is 31.6. The van der Waals surface area contributed by atoms with Gasteiger partial charge in [0.05, 0.1) is 41.9 Å². The monoisotopic (exact) mass is 865 g/mol. The molecule has 2 radical (unpaired) electrons. The molecule has 6 aromatic rings. The number of fused-ring (bicyclic) bond motifs is 1. The largest absolute Gasteiger partial charge is 0.434 e. The smallest absolute Gasteiger partial charge is 0.247 e. The zero-order chi connectivity index (χ0) is 45.7. The SMILES string of the molecule is C=CC(=O)N1CC(n2ccc3ncnc(Oc4cnn(Cc5ccccc5)c4)c32)C1.[CH2]c1cccc(/C(C)=C2/C(=NC=C)C=CN2CC2CCCN(C(=O)C=C)C2)c1.[CH2]c1ccccc1. The van der Waals surface area contributed by atoms with Gasteiger partial charge in [-0.3, -0.25) is 19.3 Å². The van der Waals surface area contributed by atoms with Gasteiger partial charge in [-0.05, 0) is 91.7 Å². The van der Waals surface area contributed by atoms with Crippen LogP contribution in [0.2, 0.25) is 0 Å². The third-order valence-corrected chi connectivity index (χ3v) is 11.4. The number of carbonyl (C=O) groups is 2. The second-order valence-electron chi connectivity index (χ2n) is 16.0. The third kappa shape index (κ3) is 11.5. The topological polar surface area (TPSA) is 114 Å². The van der Waals surface area contributed by atoms with E-state index >= 15 is 0 Å². The average Bonchev–Trinajstić information content (AvgIpc) is 4.06.